The molecule has 3 atom stereocenters. The van der Waals surface area contributed by atoms with Crippen LogP contribution in [0.25, 0.3) is 0 Å². The molecule has 0 heteroatoms. The van der Waals surface area contributed by atoms with Crippen molar-refractivity contribution in [3.05, 3.63) is 0 Å². The monoisotopic (exact) mass is 136 g/mol. The smallest absolute Gasteiger partial charge is 0.0204 e. The molecule has 3 aliphatic carbocycles. The summed E-state index contributed by atoms with van der Waals surface area (Å²) in [5.74, 6) is 1.20. The molecule has 0 heterocycles. The lowest BCUT2D eigenvalue weighted by Crippen LogP contribution is -2.08. The molecule has 0 amide bonds. The summed E-state index contributed by atoms with van der Waals surface area (Å²) in [6.45, 7) is 2.40. The van der Waals surface area contributed by atoms with Crippen molar-refractivity contribution in [2.24, 2.45) is 16.7 Å². The maximum Gasteiger partial charge on any atom is -0.0204 e. The lowest BCUT2D eigenvalue weighted by Gasteiger charge is -2.18. The van der Waals surface area contributed by atoms with Crippen LogP contribution in [0, 0.1) is 16.7 Å². The molecule has 0 nitrogen and oxygen atoms in total. The van der Waals surface area contributed by atoms with Gasteiger partial charge < -0.3 is 0 Å². The van der Waals surface area contributed by atoms with E-state index in [1.165, 1.54) is 12.3 Å². The van der Waals surface area contributed by atoms with Gasteiger partial charge in [-0.05, 0) is 48.9 Å². The summed E-state index contributed by atoms with van der Waals surface area (Å²) in [6.07, 6.45) is 9.38. The van der Waals surface area contributed by atoms with Gasteiger partial charge in [-0.15, -0.1) is 0 Å². The predicted molar refractivity (Wildman–Crippen MR) is 41.7 cm³/mol. The van der Waals surface area contributed by atoms with Crippen LogP contribution in [0.3, 0.4) is 0 Å². The van der Waals surface area contributed by atoms with Crippen LogP contribution in [0.15, 0.2) is 0 Å². The lowest BCUT2D eigenvalue weighted by molar-refractivity contribution is 0.318. The van der Waals surface area contributed by atoms with Crippen LogP contribution in [-0.2, 0) is 0 Å². The molecule has 0 N–H and O–H groups in total. The fourth-order valence-electron chi connectivity index (χ4n) is 3.86. The van der Waals surface area contributed by atoms with E-state index in [1.54, 1.807) is 32.1 Å². The summed E-state index contributed by atoms with van der Waals surface area (Å²) >= 11 is 0. The molecule has 0 saturated heterocycles. The molecule has 3 saturated carbocycles. The minimum atomic E-state index is 0.899. The summed E-state index contributed by atoms with van der Waals surface area (Å²) in [5, 5.41) is 0. The maximum absolute atomic E-state index is 2.40. The van der Waals surface area contributed by atoms with Gasteiger partial charge in [-0.3, -0.25) is 0 Å². The fourth-order valence-corrected chi connectivity index (χ4v) is 3.86. The Morgan fingerprint density at radius 1 is 1.50 bits per heavy atom. The van der Waals surface area contributed by atoms with Crippen LogP contribution in [0.4, 0.5) is 0 Å². The first kappa shape index (κ1) is 5.62. The van der Waals surface area contributed by atoms with Crippen molar-refractivity contribution in [1.82, 2.24) is 0 Å². The van der Waals surface area contributed by atoms with Crippen LogP contribution in [-0.4, -0.2) is 0 Å². The standard InChI is InChI=1S/C10H16/c1-2-9-5-3-4-8-6-10(8,9)7-9/h8H,2-7H2,1H3. The summed E-state index contributed by atoms with van der Waals surface area (Å²) < 4.78 is 0. The summed E-state index contributed by atoms with van der Waals surface area (Å²) in [4.78, 5) is 0. The third-order valence-corrected chi connectivity index (χ3v) is 4.70. The second-order valence-electron chi connectivity index (χ2n) is 4.76. The molecule has 0 aromatic carbocycles. The van der Waals surface area contributed by atoms with Gasteiger partial charge in [-0.25, -0.2) is 0 Å². The Labute approximate surface area is 63.0 Å². The van der Waals surface area contributed by atoms with E-state index < -0.39 is 0 Å². The Morgan fingerprint density at radius 3 is 3.10 bits per heavy atom. The summed E-state index contributed by atoms with van der Waals surface area (Å²) in [7, 11) is 0. The third kappa shape index (κ3) is 0.383. The first-order valence-electron chi connectivity index (χ1n) is 4.83. The average molecular weight is 136 g/mol. The first-order chi connectivity index (χ1) is 4.83. The minimum absolute atomic E-state index is 0.899. The fraction of sp³-hybridized carbons (Fsp3) is 1.00. The second-order valence-corrected chi connectivity index (χ2v) is 4.76. The lowest BCUT2D eigenvalue weighted by atomic mass is 9.86. The number of hydrogen-bond donors (Lipinski definition) is 0. The summed E-state index contributed by atoms with van der Waals surface area (Å²) in [5.41, 5.74) is 1.86. The minimum Gasteiger partial charge on any atom is -0.0648 e. The van der Waals surface area contributed by atoms with Gasteiger partial charge >= 0.3 is 0 Å². The van der Waals surface area contributed by atoms with Crippen molar-refractivity contribution in [1.29, 1.82) is 0 Å². The van der Waals surface area contributed by atoms with E-state index >= 15 is 0 Å². The molecule has 0 aliphatic heterocycles. The Bertz CT molecular complexity index is 180. The molecule has 10 heavy (non-hydrogen) atoms. The predicted octanol–water partition coefficient (Wildman–Crippen LogP) is 2.98. The van der Waals surface area contributed by atoms with Crippen molar-refractivity contribution in [3.8, 4) is 0 Å². The van der Waals surface area contributed by atoms with E-state index in [-0.39, 0.29) is 0 Å². The average Bonchev–Trinajstić information content (AvgIpc) is 2.72. The highest BCUT2D eigenvalue weighted by molar-refractivity contribution is 5.27. The zero-order valence-corrected chi connectivity index (χ0v) is 6.82. The molecule has 3 fully saturated rings. The number of rotatable bonds is 1. The van der Waals surface area contributed by atoms with Gasteiger partial charge in [0.1, 0.15) is 0 Å². The molecule has 0 bridgehead atoms. The van der Waals surface area contributed by atoms with E-state index in [0.717, 1.165) is 10.8 Å². The van der Waals surface area contributed by atoms with E-state index in [4.69, 9.17) is 0 Å². The molecule has 3 unspecified atom stereocenters. The van der Waals surface area contributed by atoms with Crippen LogP contribution < -0.4 is 0 Å². The molecule has 0 radical (unpaired) electrons. The van der Waals surface area contributed by atoms with Gasteiger partial charge in [0.2, 0.25) is 0 Å². The van der Waals surface area contributed by atoms with Crippen molar-refractivity contribution in [3.63, 3.8) is 0 Å². The highest BCUT2D eigenvalue weighted by Gasteiger charge is 2.78. The Hall–Kier alpha value is 0. The SMILES string of the molecule is CCC12CCCC3CC31C2. The van der Waals surface area contributed by atoms with Crippen LogP contribution in [0.1, 0.15) is 45.4 Å². The highest BCUT2D eigenvalue weighted by atomic mass is 14.8. The number of hydrogen-bond acceptors (Lipinski definition) is 0. The van der Waals surface area contributed by atoms with Crippen LogP contribution >= 0.6 is 0 Å². The molecule has 56 valence electrons. The van der Waals surface area contributed by atoms with Gasteiger partial charge in [0.15, 0.2) is 0 Å². The normalized spacial score (nSPS) is 62.7. The van der Waals surface area contributed by atoms with E-state index in [0.29, 0.717) is 0 Å². The molecule has 0 aromatic rings. The van der Waals surface area contributed by atoms with E-state index in [2.05, 4.69) is 6.92 Å². The van der Waals surface area contributed by atoms with Crippen molar-refractivity contribution < 1.29 is 0 Å². The highest BCUT2D eigenvalue weighted by Crippen LogP contribution is 2.87. The first-order valence-corrected chi connectivity index (χ1v) is 4.83. The van der Waals surface area contributed by atoms with Crippen LogP contribution in [0.2, 0.25) is 0 Å². The quantitative estimate of drug-likeness (QED) is 0.520. The van der Waals surface area contributed by atoms with E-state index in [9.17, 15) is 0 Å². The van der Waals surface area contributed by atoms with Crippen molar-refractivity contribution in [2.75, 3.05) is 0 Å². The Balaban J connectivity index is 1.92. The second kappa shape index (κ2) is 1.31. The summed E-state index contributed by atoms with van der Waals surface area (Å²) in [6, 6.07) is 0. The van der Waals surface area contributed by atoms with Crippen LogP contribution in [0.5, 0.6) is 0 Å². The van der Waals surface area contributed by atoms with Gasteiger partial charge in [-0.1, -0.05) is 13.3 Å². The largest absolute Gasteiger partial charge is 0.0648 e. The molecule has 3 aliphatic rings. The maximum atomic E-state index is 2.40. The zero-order chi connectivity index (χ0) is 6.82. The Kier molecular flexibility index (Phi) is 0.735. The van der Waals surface area contributed by atoms with E-state index in [1.807, 2.05) is 0 Å². The molecule has 1 spiro atoms. The zero-order valence-electron chi connectivity index (χ0n) is 6.82. The van der Waals surface area contributed by atoms with Crippen molar-refractivity contribution in [2.45, 2.75) is 45.4 Å². The molecular formula is C10H16. The third-order valence-electron chi connectivity index (χ3n) is 4.70. The van der Waals surface area contributed by atoms with Gasteiger partial charge in [0.25, 0.3) is 0 Å². The Morgan fingerprint density at radius 2 is 2.40 bits per heavy atom. The molecule has 0 aromatic heterocycles. The van der Waals surface area contributed by atoms with Gasteiger partial charge in [0, 0.05) is 0 Å². The van der Waals surface area contributed by atoms with Gasteiger partial charge in [0.05, 0.1) is 0 Å². The van der Waals surface area contributed by atoms with Gasteiger partial charge in [-0.2, -0.15) is 0 Å². The van der Waals surface area contributed by atoms with Crippen molar-refractivity contribution >= 4 is 0 Å². The topological polar surface area (TPSA) is 0 Å². The molecular weight excluding hydrogens is 120 g/mol. The molecule has 3 rings (SSSR count).